The van der Waals surface area contributed by atoms with Crippen LogP contribution in [0.15, 0.2) is 35.4 Å². The molecule has 0 atom stereocenters. The Morgan fingerprint density at radius 2 is 1.90 bits per heavy atom. The van der Waals surface area contributed by atoms with Gasteiger partial charge in [0, 0.05) is 21.0 Å². The zero-order valence-electron chi connectivity index (χ0n) is 12.0. The smallest absolute Gasteiger partial charge is 0.191 e. The van der Waals surface area contributed by atoms with Crippen molar-refractivity contribution in [3.63, 3.8) is 0 Å². The lowest BCUT2D eigenvalue weighted by atomic mass is 10.2. The van der Waals surface area contributed by atoms with E-state index in [2.05, 4.69) is 35.8 Å². The van der Waals surface area contributed by atoms with Gasteiger partial charge in [-0.2, -0.15) is 5.10 Å². The number of rotatable bonds is 3. The summed E-state index contributed by atoms with van der Waals surface area (Å²) in [5.74, 6) is -0.281. The number of hydrogen-bond acceptors (Lipinski definition) is 3. The van der Waals surface area contributed by atoms with Gasteiger partial charge in [-0.25, -0.2) is 4.39 Å². The van der Waals surface area contributed by atoms with Crippen LogP contribution in [0.5, 0.6) is 0 Å². The number of thiocarbonyl (C=S) groups is 1. The molecule has 3 nitrogen and oxygen atoms in total. The largest absolute Gasteiger partial charge is 0.331 e. The average molecular weight is 321 g/mol. The lowest BCUT2D eigenvalue weighted by molar-refractivity contribution is 0.628. The summed E-state index contributed by atoms with van der Waals surface area (Å²) in [6.07, 6.45) is 0. The van der Waals surface area contributed by atoms with E-state index >= 15 is 0 Å². The molecule has 0 bridgehead atoms. The minimum atomic E-state index is -0.281. The molecular formula is C15H16FN3S2. The topological polar surface area (TPSA) is 36.4 Å². The molecule has 0 aliphatic heterocycles. The summed E-state index contributed by atoms with van der Waals surface area (Å²) < 4.78 is 12.8. The molecule has 0 radical (unpaired) electrons. The van der Waals surface area contributed by atoms with Crippen LogP contribution < -0.4 is 10.7 Å². The molecule has 0 amide bonds. The van der Waals surface area contributed by atoms with Crippen LogP contribution in [0.25, 0.3) is 0 Å². The maximum atomic E-state index is 12.8. The summed E-state index contributed by atoms with van der Waals surface area (Å²) in [7, 11) is 0. The van der Waals surface area contributed by atoms with Gasteiger partial charge in [-0.15, -0.1) is 11.3 Å². The predicted molar refractivity (Wildman–Crippen MR) is 91.8 cm³/mol. The number of nitrogens with zero attached hydrogens (tertiary/aromatic N) is 1. The van der Waals surface area contributed by atoms with Crippen LogP contribution in [0.3, 0.4) is 0 Å². The highest BCUT2D eigenvalue weighted by molar-refractivity contribution is 7.80. The van der Waals surface area contributed by atoms with Crippen molar-refractivity contribution in [3.8, 4) is 0 Å². The molecule has 0 saturated carbocycles. The van der Waals surface area contributed by atoms with Crippen LogP contribution in [-0.4, -0.2) is 10.8 Å². The molecule has 1 aromatic carbocycles. The van der Waals surface area contributed by atoms with E-state index in [-0.39, 0.29) is 5.82 Å². The van der Waals surface area contributed by atoms with E-state index in [1.165, 1.54) is 21.9 Å². The molecule has 2 aromatic rings. The van der Waals surface area contributed by atoms with E-state index in [1.54, 1.807) is 23.5 Å². The molecule has 1 heterocycles. The third-order valence-corrected chi connectivity index (χ3v) is 4.02. The molecule has 6 heteroatoms. The number of nitrogens with one attached hydrogen (secondary N) is 2. The number of thiophene rings is 1. The zero-order valence-corrected chi connectivity index (χ0v) is 13.7. The Hall–Kier alpha value is -1.79. The summed E-state index contributed by atoms with van der Waals surface area (Å²) in [5, 5.41) is 7.59. The van der Waals surface area contributed by atoms with Gasteiger partial charge in [-0.3, -0.25) is 5.43 Å². The summed E-state index contributed by atoms with van der Waals surface area (Å²) in [4.78, 5) is 2.48. The second-order valence-electron chi connectivity index (χ2n) is 4.60. The van der Waals surface area contributed by atoms with Crippen molar-refractivity contribution in [1.82, 2.24) is 5.43 Å². The van der Waals surface area contributed by atoms with Gasteiger partial charge in [-0.1, -0.05) is 0 Å². The minimum absolute atomic E-state index is 0.281. The standard InChI is InChI=1S/C15H16FN3S2/c1-9-8-14(11(3)21-9)10(2)18-19-15(20)17-13-6-4-12(16)5-7-13/h4-8H,1-3H3,(H2,17,19,20)/b18-10-. The Labute approximate surface area is 132 Å². The first-order valence-electron chi connectivity index (χ1n) is 6.40. The Bertz CT molecular complexity index is 675. The number of anilines is 1. The van der Waals surface area contributed by atoms with Crippen molar-refractivity contribution >= 4 is 40.1 Å². The summed E-state index contributed by atoms with van der Waals surface area (Å²) in [6.45, 7) is 6.08. The molecule has 0 spiro atoms. The Kier molecular flexibility index (Phi) is 5.03. The first-order valence-corrected chi connectivity index (χ1v) is 7.62. The number of halogens is 1. The molecule has 0 saturated heterocycles. The van der Waals surface area contributed by atoms with Gasteiger partial charge < -0.3 is 5.32 Å². The van der Waals surface area contributed by atoms with Crippen molar-refractivity contribution in [2.24, 2.45) is 5.10 Å². The Balaban J connectivity index is 1.98. The second-order valence-corrected chi connectivity index (χ2v) is 6.47. The predicted octanol–water partition coefficient (Wildman–Crippen LogP) is 4.21. The molecule has 2 N–H and O–H groups in total. The third kappa shape index (κ3) is 4.34. The van der Waals surface area contributed by atoms with E-state index in [0.717, 1.165) is 11.3 Å². The molecule has 0 aliphatic rings. The van der Waals surface area contributed by atoms with Crippen molar-refractivity contribution in [2.45, 2.75) is 20.8 Å². The molecule has 2 rings (SSSR count). The molecule has 0 unspecified atom stereocenters. The third-order valence-electron chi connectivity index (χ3n) is 2.86. The molecule has 110 valence electrons. The lowest BCUT2D eigenvalue weighted by Gasteiger charge is -2.07. The highest BCUT2D eigenvalue weighted by Gasteiger charge is 2.06. The first-order chi connectivity index (χ1) is 9.95. The van der Waals surface area contributed by atoms with Gasteiger partial charge in [0.25, 0.3) is 0 Å². The fourth-order valence-electron chi connectivity index (χ4n) is 1.88. The molecule has 21 heavy (non-hydrogen) atoms. The quantitative estimate of drug-likeness (QED) is 0.505. The average Bonchev–Trinajstić information content (AvgIpc) is 2.78. The molecule has 1 aromatic heterocycles. The molecular weight excluding hydrogens is 305 g/mol. The maximum absolute atomic E-state index is 12.8. The molecule has 0 fully saturated rings. The SMILES string of the molecule is C/C(=N/NC(=S)Nc1ccc(F)cc1)c1cc(C)sc1C. The highest BCUT2D eigenvalue weighted by Crippen LogP contribution is 2.21. The zero-order chi connectivity index (χ0) is 15.4. The van der Waals surface area contributed by atoms with E-state index in [0.29, 0.717) is 10.8 Å². The van der Waals surface area contributed by atoms with Gasteiger partial charge in [0.15, 0.2) is 5.11 Å². The second kappa shape index (κ2) is 6.78. The summed E-state index contributed by atoms with van der Waals surface area (Å²) in [5.41, 5.74) is 5.51. The normalized spacial score (nSPS) is 11.3. The van der Waals surface area contributed by atoms with Gasteiger partial charge in [-0.05, 0) is 63.3 Å². The monoisotopic (exact) mass is 321 g/mol. The van der Waals surface area contributed by atoms with E-state index in [1.807, 2.05) is 6.92 Å². The van der Waals surface area contributed by atoms with Gasteiger partial charge in [0.2, 0.25) is 0 Å². The Morgan fingerprint density at radius 3 is 2.48 bits per heavy atom. The molecule has 0 aliphatic carbocycles. The Morgan fingerprint density at radius 1 is 1.24 bits per heavy atom. The highest BCUT2D eigenvalue weighted by atomic mass is 32.1. The summed E-state index contributed by atoms with van der Waals surface area (Å²) >= 11 is 6.90. The van der Waals surface area contributed by atoms with E-state index < -0.39 is 0 Å². The van der Waals surface area contributed by atoms with Crippen LogP contribution in [-0.2, 0) is 0 Å². The van der Waals surface area contributed by atoms with Crippen molar-refractivity contribution < 1.29 is 4.39 Å². The summed E-state index contributed by atoms with van der Waals surface area (Å²) in [6, 6.07) is 8.09. The fourth-order valence-corrected chi connectivity index (χ4v) is 3.02. The van der Waals surface area contributed by atoms with Crippen molar-refractivity contribution in [2.75, 3.05) is 5.32 Å². The van der Waals surface area contributed by atoms with Gasteiger partial charge in [0.1, 0.15) is 5.82 Å². The number of benzene rings is 1. The van der Waals surface area contributed by atoms with Crippen LogP contribution in [0.4, 0.5) is 10.1 Å². The maximum Gasteiger partial charge on any atom is 0.191 e. The van der Waals surface area contributed by atoms with Gasteiger partial charge in [0.05, 0.1) is 5.71 Å². The van der Waals surface area contributed by atoms with Crippen molar-refractivity contribution in [3.05, 3.63) is 51.5 Å². The number of hydrogen-bond donors (Lipinski definition) is 2. The van der Waals surface area contributed by atoms with E-state index in [9.17, 15) is 4.39 Å². The lowest BCUT2D eigenvalue weighted by Crippen LogP contribution is -2.25. The minimum Gasteiger partial charge on any atom is -0.331 e. The van der Waals surface area contributed by atoms with Crippen LogP contribution in [0, 0.1) is 19.7 Å². The number of aryl methyl sites for hydroxylation is 2. The van der Waals surface area contributed by atoms with Crippen LogP contribution >= 0.6 is 23.6 Å². The number of hydrazone groups is 1. The van der Waals surface area contributed by atoms with Crippen LogP contribution in [0.1, 0.15) is 22.2 Å². The fraction of sp³-hybridized carbons (Fsp3) is 0.200. The first kappa shape index (κ1) is 15.6. The van der Waals surface area contributed by atoms with Gasteiger partial charge >= 0.3 is 0 Å². The van der Waals surface area contributed by atoms with E-state index in [4.69, 9.17) is 12.2 Å². The van der Waals surface area contributed by atoms with Crippen molar-refractivity contribution in [1.29, 1.82) is 0 Å². The van der Waals surface area contributed by atoms with Crippen LogP contribution in [0.2, 0.25) is 0 Å².